The van der Waals surface area contributed by atoms with Gasteiger partial charge < -0.3 is 15.2 Å². The van der Waals surface area contributed by atoms with Gasteiger partial charge >= 0.3 is 0 Å². The average molecular weight is 422 g/mol. The molecule has 160 valence electrons. The highest BCUT2D eigenvalue weighted by Crippen LogP contribution is 2.52. The van der Waals surface area contributed by atoms with Crippen molar-refractivity contribution in [3.8, 4) is 0 Å². The van der Waals surface area contributed by atoms with Crippen molar-refractivity contribution in [3.63, 3.8) is 0 Å². The van der Waals surface area contributed by atoms with Crippen LogP contribution in [-0.4, -0.2) is 54.2 Å². The summed E-state index contributed by atoms with van der Waals surface area (Å²) in [6, 6.07) is 4.52. The number of piperidine rings is 1. The van der Waals surface area contributed by atoms with Gasteiger partial charge in [-0.05, 0) is 56.2 Å². The molecular weight excluding hydrogens is 390 g/mol. The number of rotatable bonds is 4. The molecule has 4 bridgehead atoms. The number of carbonyl (C=O) groups excluding carboxylic acids is 1. The maximum atomic E-state index is 11.7. The van der Waals surface area contributed by atoms with Crippen molar-refractivity contribution in [2.24, 2.45) is 17.6 Å². The summed E-state index contributed by atoms with van der Waals surface area (Å²) in [5.74, 6) is 0.371. The largest absolute Gasteiger partial charge is 0.375 e. The molecule has 1 aliphatic carbocycles. The number of hydrogen-bond acceptors (Lipinski definition) is 5. The van der Waals surface area contributed by atoms with E-state index in [9.17, 15) is 4.79 Å². The first-order valence-electron chi connectivity index (χ1n) is 10.8. The summed E-state index contributed by atoms with van der Waals surface area (Å²) in [6.07, 6.45) is 11.0. The van der Waals surface area contributed by atoms with Crippen LogP contribution in [-0.2, 0) is 15.1 Å². The average Bonchev–Trinajstić information content (AvgIpc) is 3.04. The molecule has 0 aromatic carbocycles. The molecule has 2 N–H and O–H groups in total. The first-order valence-corrected chi connectivity index (χ1v) is 10.8. The van der Waals surface area contributed by atoms with Gasteiger partial charge in [-0.1, -0.05) is 6.42 Å². The number of nitrogens with two attached hydrogens (primary N) is 1. The van der Waals surface area contributed by atoms with Crippen LogP contribution in [0.25, 0.3) is 0 Å². The molecule has 4 fully saturated rings. The molecule has 1 saturated carbocycles. The van der Waals surface area contributed by atoms with E-state index < -0.39 is 5.91 Å². The highest BCUT2D eigenvalue weighted by atomic mass is 35.5. The quantitative estimate of drug-likeness (QED) is 0.808. The predicted molar refractivity (Wildman–Crippen MR) is 112 cm³/mol. The van der Waals surface area contributed by atoms with E-state index in [1.54, 1.807) is 6.20 Å². The molecule has 0 spiro atoms. The van der Waals surface area contributed by atoms with Crippen LogP contribution in [0.4, 0.5) is 0 Å². The highest BCUT2D eigenvalue weighted by Gasteiger charge is 2.54. The number of likely N-dealkylation sites (tertiary alicyclic amines) is 1. The van der Waals surface area contributed by atoms with E-state index in [0.29, 0.717) is 35.8 Å². The third-order valence-corrected chi connectivity index (χ3v) is 7.81. The zero-order valence-electron chi connectivity index (χ0n) is 17.1. The Morgan fingerprint density at radius 1 is 1.21 bits per heavy atom. The standard InChI is InChI=1S/C22H31N3O3.ClH/c1-27-22(14-7-8-24-20(9-14)21(23)26)15-3-2-4-16(22)13-25(12-15)17-10-18-5-6-19(11-17)28-18;/h7-9,15-19H,2-6,10-13H2,1H3,(H2,23,26);1H. The van der Waals surface area contributed by atoms with E-state index in [4.69, 9.17) is 15.2 Å². The third kappa shape index (κ3) is 3.48. The number of methoxy groups -OCH3 is 1. The van der Waals surface area contributed by atoms with E-state index in [1.165, 1.54) is 32.1 Å². The number of carbonyl (C=O) groups is 1. The normalized spacial score (nSPS) is 39.0. The summed E-state index contributed by atoms with van der Waals surface area (Å²) in [4.78, 5) is 18.6. The Labute approximate surface area is 178 Å². The van der Waals surface area contributed by atoms with Gasteiger partial charge in [0.15, 0.2) is 0 Å². The van der Waals surface area contributed by atoms with Crippen molar-refractivity contribution in [1.82, 2.24) is 9.88 Å². The third-order valence-electron chi connectivity index (χ3n) is 7.81. The molecule has 29 heavy (non-hydrogen) atoms. The van der Waals surface area contributed by atoms with Gasteiger partial charge in [0.25, 0.3) is 5.91 Å². The molecule has 1 amide bonds. The summed E-state index contributed by atoms with van der Waals surface area (Å²) < 4.78 is 12.4. The summed E-state index contributed by atoms with van der Waals surface area (Å²) in [7, 11) is 1.83. The lowest BCUT2D eigenvalue weighted by Crippen LogP contribution is -2.61. The predicted octanol–water partition coefficient (Wildman–Crippen LogP) is 2.89. The Bertz CT molecular complexity index is 735. The molecule has 3 saturated heterocycles. The van der Waals surface area contributed by atoms with Crippen molar-refractivity contribution >= 4 is 18.3 Å². The first-order chi connectivity index (χ1) is 13.6. The molecule has 3 aliphatic heterocycles. The Balaban J connectivity index is 0.00000205. The van der Waals surface area contributed by atoms with Crippen molar-refractivity contribution < 1.29 is 14.3 Å². The number of nitrogens with zero attached hydrogens (tertiary/aromatic N) is 2. The lowest BCUT2D eigenvalue weighted by molar-refractivity contribution is -0.180. The number of halogens is 1. The number of aromatic nitrogens is 1. The van der Waals surface area contributed by atoms with Crippen molar-refractivity contribution in [2.75, 3.05) is 20.2 Å². The van der Waals surface area contributed by atoms with Gasteiger partial charge in [-0.25, -0.2) is 0 Å². The number of fused-ring (bicyclic) bond motifs is 4. The van der Waals surface area contributed by atoms with Crippen LogP contribution in [0, 0.1) is 11.8 Å². The summed E-state index contributed by atoms with van der Waals surface area (Å²) in [6.45, 7) is 2.12. The Kier molecular flexibility index (Phi) is 5.90. The second-order valence-electron chi connectivity index (χ2n) is 9.15. The fraction of sp³-hybridized carbons (Fsp3) is 0.727. The monoisotopic (exact) mass is 421 g/mol. The van der Waals surface area contributed by atoms with Crippen LogP contribution in [0.1, 0.15) is 61.0 Å². The van der Waals surface area contributed by atoms with Crippen LogP contribution in [0.3, 0.4) is 0 Å². The van der Waals surface area contributed by atoms with Crippen molar-refractivity contribution in [2.45, 2.75) is 68.8 Å². The van der Waals surface area contributed by atoms with E-state index in [2.05, 4.69) is 9.88 Å². The number of ether oxygens (including phenoxy) is 2. The minimum Gasteiger partial charge on any atom is -0.375 e. The fourth-order valence-electron chi connectivity index (χ4n) is 6.62. The van der Waals surface area contributed by atoms with Gasteiger partial charge in [0, 0.05) is 44.3 Å². The Morgan fingerprint density at radius 2 is 1.86 bits per heavy atom. The minimum atomic E-state index is -0.478. The number of amides is 1. The van der Waals surface area contributed by atoms with Gasteiger partial charge in [-0.3, -0.25) is 14.7 Å². The van der Waals surface area contributed by atoms with Gasteiger partial charge in [-0.15, -0.1) is 12.4 Å². The zero-order valence-corrected chi connectivity index (χ0v) is 17.9. The highest BCUT2D eigenvalue weighted by molar-refractivity contribution is 5.90. The molecule has 4 unspecified atom stereocenters. The van der Waals surface area contributed by atoms with E-state index in [1.807, 2.05) is 19.2 Å². The summed E-state index contributed by atoms with van der Waals surface area (Å²) in [5.41, 5.74) is 6.56. The van der Waals surface area contributed by atoms with Crippen LogP contribution in [0.15, 0.2) is 18.3 Å². The smallest absolute Gasteiger partial charge is 0.267 e. The molecule has 0 radical (unpaired) electrons. The molecule has 7 heteroatoms. The Hall–Kier alpha value is -1.21. The molecule has 6 nitrogen and oxygen atoms in total. The molecule has 5 rings (SSSR count). The van der Waals surface area contributed by atoms with Crippen molar-refractivity contribution in [3.05, 3.63) is 29.6 Å². The molecular formula is C22H32ClN3O3. The lowest BCUT2D eigenvalue weighted by atomic mass is 9.62. The maximum Gasteiger partial charge on any atom is 0.267 e. The lowest BCUT2D eigenvalue weighted by Gasteiger charge is -2.57. The number of primary amides is 1. The van der Waals surface area contributed by atoms with Crippen LogP contribution in [0.2, 0.25) is 0 Å². The SMILES string of the molecule is COC1(c2ccnc(C(N)=O)c2)C2CCCC1CN(C1CC3CCC(C1)O3)C2.Cl. The second-order valence-corrected chi connectivity index (χ2v) is 9.15. The van der Waals surface area contributed by atoms with Crippen LogP contribution >= 0.6 is 12.4 Å². The van der Waals surface area contributed by atoms with Crippen molar-refractivity contribution in [1.29, 1.82) is 0 Å². The fourth-order valence-corrected chi connectivity index (χ4v) is 6.62. The van der Waals surface area contributed by atoms with Gasteiger partial charge in [0.05, 0.1) is 12.2 Å². The zero-order chi connectivity index (χ0) is 19.3. The number of hydrogen-bond donors (Lipinski definition) is 1. The molecule has 4 atom stereocenters. The van der Waals surface area contributed by atoms with Crippen LogP contribution < -0.4 is 5.73 Å². The Morgan fingerprint density at radius 3 is 2.45 bits per heavy atom. The summed E-state index contributed by atoms with van der Waals surface area (Å²) in [5, 5.41) is 0. The molecule has 4 aliphatic rings. The van der Waals surface area contributed by atoms with E-state index >= 15 is 0 Å². The summed E-state index contributed by atoms with van der Waals surface area (Å²) >= 11 is 0. The maximum absolute atomic E-state index is 11.7. The molecule has 1 aromatic rings. The van der Waals surface area contributed by atoms with Gasteiger partial charge in [-0.2, -0.15) is 0 Å². The van der Waals surface area contributed by atoms with Crippen LogP contribution in [0.5, 0.6) is 0 Å². The minimum absolute atomic E-state index is 0. The van der Waals surface area contributed by atoms with Gasteiger partial charge in [0.1, 0.15) is 11.3 Å². The molecule has 4 heterocycles. The van der Waals surface area contributed by atoms with E-state index in [-0.39, 0.29) is 18.0 Å². The number of pyridine rings is 1. The first kappa shape index (κ1) is 21.0. The topological polar surface area (TPSA) is 77.7 Å². The van der Waals surface area contributed by atoms with E-state index in [0.717, 1.165) is 31.5 Å². The second kappa shape index (κ2) is 8.14. The van der Waals surface area contributed by atoms with Gasteiger partial charge in [0.2, 0.25) is 0 Å². The molecule has 1 aromatic heterocycles.